The largest absolute Gasteiger partial charge is 0.459 e. The number of benzene rings is 2. The summed E-state index contributed by atoms with van der Waals surface area (Å²) in [6, 6.07) is 15.8. The predicted octanol–water partition coefficient (Wildman–Crippen LogP) is 5.24. The van der Waals surface area contributed by atoms with E-state index in [0.717, 1.165) is 38.8 Å². The van der Waals surface area contributed by atoms with Crippen molar-refractivity contribution in [2.24, 2.45) is 0 Å². The molecule has 0 bridgehead atoms. The number of allylic oxidation sites excluding steroid dienone is 1. The lowest BCUT2D eigenvalue weighted by atomic mass is 9.87. The fourth-order valence-electron chi connectivity index (χ4n) is 6.96. The molecule has 6 nitrogen and oxygen atoms in total. The Hall–Kier alpha value is -2.67. The van der Waals surface area contributed by atoms with Crippen molar-refractivity contribution in [1.29, 1.82) is 0 Å². The summed E-state index contributed by atoms with van der Waals surface area (Å²) in [6.45, 7) is 4.64. The van der Waals surface area contributed by atoms with E-state index in [4.69, 9.17) is 14.6 Å². The normalized spacial score (nSPS) is 23.6. The molecule has 1 amide bonds. The van der Waals surface area contributed by atoms with Crippen LogP contribution in [-0.2, 0) is 20.7 Å². The summed E-state index contributed by atoms with van der Waals surface area (Å²) in [7, 11) is 0. The zero-order valence-electron chi connectivity index (χ0n) is 23.0. The maximum Gasteiger partial charge on any atom is 0.288 e. The Bertz CT molecular complexity index is 1180. The molecule has 2 aromatic rings. The molecule has 39 heavy (non-hydrogen) atoms. The van der Waals surface area contributed by atoms with Crippen LogP contribution < -0.4 is 0 Å². The van der Waals surface area contributed by atoms with Crippen LogP contribution in [-0.4, -0.2) is 72.5 Å². The molecule has 0 saturated carbocycles. The molecule has 0 aromatic heterocycles. The van der Waals surface area contributed by atoms with Gasteiger partial charge in [0.1, 0.15) is 0 Å². The number of likely N-dealkylation sites (tertiary alicyclic amines) is 2. The van der Waals surface area contributed by atoms with Crippen molar-refractivity contribution in [1.82, 2.24) is 9.80 Å². The standard InChI is InChI=1S/C33H42N2O4/c36-19-6-7-20-38-32-23-25(28-11-8-12-29-27-10-3-2-9-24(27)21-30(28)29)22-31(39-32)33(37)35-17-13-26(14-18-35)34-15-4-1-5-16-34/h2-3,8-12,22,25-26,32,36H,1,4-7,13-21,23H2/t25-,32+/m1/s1. The summed E-state index contributed by atoms with van der Waals surface area (Å²) in [6.07, 6.45) is 10.7. The first-order chi connectivity index (χ1) is 19.2. The van der Waals surface area contributed by atoms with Crippen LogP contribution in [0, 0.1) is 0 Å². The average molecular weight is 531 g/mol. The summed E-state index contributed by atoms with van der Waals surface area (Å²) in [4.78, 5) is 18.4. The number of hydrogen-bond acceptors (Lipinski definition) is 5. The van der Waals surface area contributed by atoms with Gasteiger partial charge in [-0.25, -0.2) is 0 Å². The molecule has 3 aliphatic heterocycles. The van der Waals surface area contributed by atoms with Gasteiger partial charge in [0.15, 0.2) is 5.76 Å². The molecular weight excluding hydrogens is 488 g/mol. The molecule has 1 aliphatic carbocycles. The van der Waals surface area contributed by atoms with E-state index >= 15 is 0 Å². The number of nitrogens with zero attached hydrogens (tertiary/aromatic N) is 2. The van der Waals surface area contributed by atoms with Gasteiger partial charge in [0.25, 0.3) is 5.91 Å². The van der Waals surface area contributed by atoms with Crippen LogP contribution in [0.25, 0.3) is 11.1 Å². The average Bonchev–Trinajstić information content (AvgIpc) is 3.38. The lowest BCUT2D eigenvalue weighted by molar-refractivity contribution is -0.153. The minimum atomic E-state index is -0.469. The van der Waals surface area contributed by atoms with Gasteiger partial charge in [-0.15, -0.1) is 0 Å². The van der Waals surface area contributed by atoms with Crippen molar-refractivity contribution >= 4 is 5.91 Å². The molecule has 2 saturated heterocycles. The van der Waals surface area contributed by atoms with E-state index in [9.17, 15) is 4.79 Å². The summed E-state index contributed by atoms with van der Waals surface area (Å²) < 4.78 is 12.4. The van der Waals surface area contributed by atoms with Crippen LogP contribution in [0.3, 0.4) is 0 Å². The second-order valence-corrected chi connectivity index (χ2v) is 11.5. The first kappa shape index (κ1) is 26.5. The van der Waals surface area contributed by atoms with Crippen molar-refractivity contribution in [2.75, 3.05) is 39.4 Å². The van der Waals surface area contributed by atoms with E-state index in [1.54, 1.807) is 0 Å². The molecule has 0 unspecified atom stereocenters. The van der Waals surface area contributed by atoms with Crippen molar-refractivity contribution in [3.05, 3.63) is 71.0 Å². The first-order valence-corrected chi connectivity index (χ1v) is 15.1. The van der Waals surface area contributed by atoms with Gasteiger partial charge in [0.05, 0.1) is 6.61 Å². The number of carbonyl (C=O) groups is 1. The van der Waals surface area contributed by atoms with Gasteiger partial charge in [-0.05, 0) is 91.9 Å². The Morgan fingerprint density at radius 2 is 1.74 bits per heavy atom. The van der Waals surface area contributed by atoms with E-state index in [2.05, 4.69) is 53.4 Å². The van der Waals surface area contributed by atoms with Crippen molar-refractivity contribution in [3.63, 3.8) is 0 Å². The van der Waals surface area contributed by atoms with Crippen LogP contribution in [0.5, 0.6) is 0 Å². The second-order valence-electron chi connectivity index (χ2n) is 11.5. The van der Waals surface area contributed by atoms with Crippen LogP contribution in [0.4, 0.5) is 0 Å². The van der Waals surface area contributed by atoms with Crippen molar-refractivity contribution < 1.29 is 19.4 Å². The number of rotatable bonds is 8. The highest BCUT2D eigenvalue weighted by molar-refractivity contribution is 5.92. The quantitative estimate of drug-likeness (QED) is 0.404. The first-order valence-electron chi connectivity index (χ1n) is 15.1. The maximum atomic E-state index is 13.8. The number of carbonyl (C=O) groups excluding carboxylic acids is 1. The molecule has 6 rings (SSSR count). The molecule has 0 spiro atoms. The summed E-state index contributed by atoms with van der Waals surface area (Å²) in [5.41, 5.74) is 6.60. The zero-order chi connectivity index (χ0) is 26.6. The number of ether oxygens (including phenoxy) is 2. The highest BCUT2D eigenvalue weighted by Gasteiger charge is 2.35. The third kappa shape index (κ3) is 5.79. The third-order valence-corrected chi connectivity index (χ3v) is 9.07. The number of hydrogen-bond donors (Lipinski definition) is 1. The SMILES string of the molecule is O=C(C1=C[C@@H](c2cccc3c2Cc2ccccc2-3)C[C@@H](OCCCCO)O1)N1CCC(N2CCCCC2)CC1. The Labute approximate surface area is 232 Å². The third-order valence-electron chi connectivity index (χ3n) is 9.07. The molecule has 0 radical (unpaired) electrons. The predicted molar refractivity (Wildman–Crippen MR) is 152 cm³/mol. The van der Waals surface area contributed by atoms with Crippen LogP contribution >= 0.6 is 0 Å². The fourth-order valence-corrected chi connectivity index (χ4v) is 6.96. The fraction of sp³-hybridized carbons (Fsp3) is 0.545. The maximum absolute atomic E-state index is 13.8. The van der Waals surface area contributed by atoms with E-state index in [0.29, 0.717) is 31.2 Å². The van der Waals surface area contributed by atoms with E-state index in [1.807, 2.05) is 4.90 Å². The van der Waals surface area contributed by atoms with Crippen LogP contribution in [0.2, 0.25) is 0 Å². The van der Waals surface area contributed by atoms with Gasteiger partial charge in [-0.2, -0.15) is 0 Å². The highest BCUT2D eigenvalue weighted by atomic mass is 16.7. The molecule has 1 N–H and O–H groups in total. The number of unbranched alkanes of at least 4 members (excludes halogenated alkanes) is 1. The summed E-state index contributed by atoms with van der Waals surface area (Å²) in [5, 5.41) is 9.17. The van der Waals surface area contributed by atoms with Crippen molar-refractivity contribution in [2.45, 2.75) is 76.0 Å². The molecule has 2 fully saturated rings. The summed E-state index contributed by atoms with van der Waals surface area (Å²) >= 11 is 0. The van der Waals surface area contributed by atoms with E-state index in [-0.39, 0.29) is 18.4 Å². The van der Waals surface area contributed by atoms with Gasteiger partial charge in [0, 0.05) is 38.1 Å². The Balaban J connectivity index is 1.20. The Kier molecular flexibility index (Phi) is 8.33. The zero-order valence-corrected chi connectivity index (χ0v) is 23.0. The minimum absolute atomic E-state index is 0.00313. The van der Waals surface area contributed by atoms with Gasteiger partial charge in [-0.3, -0.25) is 4.79 Å². The lowest BCUT2D eigenvalue weighted by Crippen LogP contribution is -2.49. The number of amides is 1. The van der Waals surface area contributed by atoms with Gasteiger partial charge in [-0.1, -0.05) is 48.9 Å². The molecule has 2 aromatic carbocycles. The topological polar surface area (TPSA) is 62.2 Å². The monoisotopic (exact) mass is 530 g/mol. The minimum Gasteiger partial charge on any atom is -0.459 e. The van der Waals surface area contributed by atoms with Crippen molar-refractivity contribution in [3.8, 4) is 11.1 Å². The molecule has 2 atom stereocenters. The van der Waals surface area contributed by atoms with E-state index in [1.165, 1.54) is 60.2 Å². The molecule has 4 aliphatic rings. The Morgan fingerprint density at radius 1 is 0.949 bits per heavy atom. The molecule has 3 heterocycles. The van der Waals surface area contributed by atoms with Gasteiger partial charge in [0.2, 0.25) is 6.29 Å². The number of aliphatic hydroxyl groups is 1. The number of piperidine rings is 2. The highest BCUT2D eigenvalue weighted by Crippen LogP contribution is 2.43. The molecule has 208 valence electrons. The Morgan fingerprint density at radius 3 is 2.56 bits per heavy atom. The lowest BCUT2D eigenvalue weighted by Gasteiger charge is -2.40. The van der Waals surface area contributed by atoms with Gasteiger partial charge >= 0.3 is 0 Å². The van der Waals surface area contributed by atoms with Crippen LogP contribution in [0.1, 0.15) is 74.0 Å². The second kappa shape index (κ2) is 12.2. The van der Waals surface area contributed by atoms with Gasteiger partial charge < -0.3 is 24.4 Å². The van der Waals surface area contributed by atoms with Crippen LogP contribution in [0.15, 0.2) is 54.3 Å². The number of fused-ring (bicyclic) bond motifs is 3. The summed E-state index contributed by atoms with van der Waals surface area (Å²) in [5.74, 6) is 0.482. The van der Waals surface area contributed by atoms with E-state index < -0.39 is 6.29 Å². The molecule has 6 heteroatoms. The number of aliphatic hydroxyl groups excluding tert-OH is 1. The molecular formula is C33H42N2O4. The smallest absolute Gasteiger partial charge is 0.288 e.